The number of para-hydroxylation sites is 1. The third-order valence-electron chi connectivity index (χ3n) is 4.48. The number of fused-ring (bicyclic) bond motifs is 1. The molecule has 7 heteroatoms. The van der Waals surface area contributed by atoms with Crippen molar-refractivity contribution in [3.63, 3.8) is 0 Å². The van der Waals surface area contributed by atoms with Crippen LogP contribution in [0.5, 0.6) is 0 Å². The number of carbonyl (C=O) groups excluding carboxylic acids is 2. The monoisotopic (exact) mass is 393 g/mol. The van der Waals surface area contributed by atoms with Gasteiger partial charge in [-0.15, -0.1) is 11.3 Å². The van der Waals surface area contributed by atoms with Crippen LogP contribution in [0.1, 0.15) is 21.0 Å². The van der Waals surface area contributed by atoms with E-state index in [-0.39, 0.29) is 18.4 Å². The van der Waals surface area contributed by atoms with Crippen molar-refractivity contribution in [2.45, 2.75) is 19.0 Å². The predicted octanol–water partition coefficient (Wildman–Crippen LogP) is 3.48. The number of aromatic nitrogens is 1. The molecule has 0 bridgehead atoms. The molecule has 0 saturated heterocycles. The molecule has 0 spiro atoms. The number of benzene rings is 1. The topological polar surface area (TPSA) is 87.1 Å². The first-order chi connectivity index (χ1) is 13.7. The number of thiophene rings is 1. The second kappa shape index (κ2) is 8.14. The van der Waals surface area contributed by atoms with E-state index in [1.165, 1.54) is 11.3 Å². The normalized spacial score (nSPS) is 12.0. The molecule has 28 heavy (non-hydrogen) atoms. The molecular weight excluding hydrogens is 374 g/mol. The summed E-state index contributed by atoms with van der Waals surface area (Å²) >= 11 is 1.34. The van der Waals surface area contributed by atoms with Crippen molar-refractivity contribution >= 4 is 34.1 Å². The summed E-state index contributed by atoms with van der Waals surface area (Å²) in [6, 6.07) is 14.3. The maximum Gasteiger partial charge on any atom is 0.262 e. The number of rotatable bonds is 7. The highest BCUT2D eigenvalue weighted by molar-refractivity contribution is 7.12. The Kier molecular flexibility index (Phi) is 5.25. The van der Waals surface area contributed by atoms with E-state index >= 15 is 0 Å². The average molecular weight is 393 g/mol. The lowest BCUT2D eigenvalue weighted by molar-refractivity contribution is -0.123. The van der Waals surface area contributed by atoms with E-state index < -0.39 is 6.04 Å². The second-order valence-electron chi connectivity index (χ2n) is 6.36. The Morgan fingerprint density at radius 2 is 2.00 bits per heavy atom. The summed E-state index contributed by atoms with van der Waals surface area (Å²) in [5.41, 5.74) is 1.97. The molecule has 4 aromatic rings. The van der Waals surface area contributed by atoms with E-state index in [0.717, 1.165) is 16.5 Å². The Morgan fingerprint density at radius 1 is 1.11 bits per heavy atom. The zero-order valence-electron chi connectivity index (χ0n) is 15.0. The van der Waals surface area contributed by atoms with Gasteiger partial charge in [0.2, 0.25) is 5.91 Å². The fraction of sp³-hybridized carbons (Fsp3) is 0.143. The Balaban J connectivity index is 1.53. The van der Waals surface area contributed by atoms with Crippen molar-refractivity contribution in [1.82, 2.24) is 15.6 Å². The second-order valence-corrected chi connectivity index (χ2v) is 7.31. The molecule has 6 nitrogen and oxygen atoms in total. The number of amides is 2. The molecule has 2 amide bonds. The molecule has 0 aliphatic heterocycles. The summed E-state index contributed by atoms with van der Waals surface area (Å²) < 4.78 is 5.26. The van der Waals surface area contributed by atoms with Crippen LogP contribution in [0.15, 0.2) is 70.8 Å². The minimum atomic E-state index is -0.705. The van der Waals surface area contributed by atoms with Gasteiger partial charge >= 0.3 is 0 Å². The van der Waals surface area contributed by atoms with Crippen LogP contribution in [0.2, 0.25) is 0 Å². The third kappa shape index (κ3) is 3.99. The third-order valence-corrected chi connectivity index (χ3v) is 5.35. The summed E-state index contributed by atoms with van der Waals surface area (Å²) in [6.07, 6.45) is 3.82. The summed E-state index contributed by atoms with van der Waals surface area (Å²) in [7, 11) is 0. The maximum atomic E-state index is 12.8. The Labute approximate surface area is 165 Å². The van der Waals surface area contributed by atoms with Gasteiger partial charge in [-0.1, -0.05) is 24.3 Å². The SMILES string of the molecule is O=C(N[C@@H](Cc1c[nH]c2ccccc12)C(=O)NCc1ccco1)c1cccs1. The molecule has 3 N–H and O–H groups in total. The van der Waals surface area contributed by atoms with Gasteiger partial charge in [-0.2, -0.15) is 0 Å². The molecule has 0 radical (unpaired) electrons. The fourth-order valence-corrected chi connectivity index (χ4v) is 3.70. The molecule has 4 rings (SSSR count). The fourth-order valence-electron chi connectivity index (χ4n) is 3.08. The Hall–Kier alpha value is -3.32. The van der Waals surface area contributed by atoms with Gasteiger partial charge in [0.25, 0.3) is 5.91 Å². The number of hydrogen-bond donors (Lipinski definition) is 3. The van der Waals surface area contributed by atoms with Crippen LogP contribution >= 0.6 is 11.3 Å². The first-order valence-corrected chi connectivity index (χ1v) is 9.78. The predicted molar refractivity (Wildman–Crippen MR) is 108 cm³/mol. The van der Waals surface area contributed by atoms with Crippen LogP contribution in [0.4, 0.5) is 0 Å². The maximum absolute atomic E-state index is 12.8. The minimum absolute atomic E-state index is 0.256. The molecule has 0 aliphatic carbocycles. The number of hydrogen-bond acceptors (Lipinski definition) is 4. The van der Waals surface area contributed by atoms with Gasteiger partial charge in [-0.3, -0.25) is 9.59 Å². The highest BCUT2D eigenvalue weighted by Gasteiger charge is 2.23. The van der Waals surface area contributed by atoms with E-state index in [1.54, 1.807) is 24.5 Å². The van der Waals surface area contributed by atoms with Gasteiger partial charge in [0.1, 0.15) is 11.8 Å². The quantitative estimate of drug-likeness (QED) is 0.449. The summed E-state index contributed by atoms with van der Waals surface area (Å²) in [5.74, 6) is 0.142. The van der Waals surface area contributed by atoms with Gasteiger partial charge in [0, 0.05) is 23.5 Å². The molecule has 0 unspecified atom stereocenters. The highest BCUT2D eigenvalue weighted by Crippen LogP contribution is 2.19. The zero-order chi connectivity index (χ0) is 19.3. The van der Waals surface area contributed by atoms with Crippen LogP contribution < -0.4 is 10.6 Å². The van der Waals surface area contributed by atoms with Gasteiger partial charge < -0.3 is 20.0 Å². The lowest BCUT2D eigenvalue weighted by Gasteiger charge is -2.18. The Morgan fingerprint density at radius 3 is 2.79 bits per heavy atom. The molecule has 142 valence electrons. The number of nitrogens with one attached hydrogen (secondary N) is 3. The molecular formula is C21H19N3O3S. The van der Waals surface area contributed by atoms with Crippen molar-refractivity contribution in [3.8, 4) is 0 Å². The molecule has 0 fully saturated rings. The van der Waals surface area contributed by atoms with Crippen LogP contribution in [-0.4, -0.2) is 22.8 Å². The molecule has 3 aromatic heterocycles. The lowest BCUT2D eigenvalue weighted by Crippen LogP contribution is -2.47. The number of carbonyl (C=O) groups is 2. The first kappa shape index (κ1) is 18.1. The molecule has 0 aliphatic rings. The van der Waals surface area contributed by atoms with Gasteiger partial charge in [-0.25, -0.2) is 0 Å². The molecule has 3 heterocycles. The highest BCUT2D eigenvalue weighted by atomic mass is 32.1. The van der Waals surface area contributed by atoms with Gasteiger partial charge in [-0.05, 0) is 35.2 Å². The molecule has 0 saturated carbocycles. The number of H-pyrrole nitrogens is 1. The van der Waals surface area contributed by atoms with Crippen LogP contribution in [0, 0.1) is 0 Å². The summed E-state index contributed by atoms with van der Waals surface area (Å²) in [4.78, 5) is 29.2. The summed E-state index contributed by atoms with van der Waals surface area (Å²) in [6.45, 7) is 0.269. The Bertz CT molecular complexity index is 1070. The van der Waals surface area contributed by atoms with Crippen LogP contribution in [-0.2, 0) is 17.8 Å². The molecule has 1 aromatic carbocycles. The van der Waals surface area contributed by atoms with Crippen molar-refractivity contribution in [3.05, 3.63) is 82.6 Å². The van der Waals surface area contributed by atoms with E-state index in [0.29, 0.717) is 17.1 Å². The lowest BCUT2D eigenvalue weighted by atomic mass is 10.0. The number of aromatic amines is 1. The van der Waals surface area contributed by atoms with Gasteiger partial charge in [0.05, 0.1) is 17.7 Å². The van der Waals surface area contributed by atoms with E-state index in [9.17, 15) is 9.59 Å². The van der Waals surface area contributed by atoms with Crippen molar-refractivity contribution in [2.75, 3.05) is 0 Å². The standard InChI is InChI=1S/C21H19N3O3S/c25-20(23-13-15-5-3-9-27-15)18(24-21(26)19-8-4-10-28-19)11-14-12-22-17-7-2-1-6-16(14)17/h1-10,12,18,22H,11,13H2,(H,23,25)(H,24,26)/t18-/m0/s1. The smallest absolute Gasteiger partial charge is 0.262 e. The van der Waals surface area contributed by atoms with E-state index in [4.69, 9.17) is 4.42 Å². The zero-order valence-corrected chi connectivity index (χ0v) is 15.8. The number of furan rings is 1. The van der Waals surface area contributed by atoms with Crippen LogP contribution in [0.3, 0.4) is 0 Å². The largest absolute Gasteiger partial charge is 0.467 e. The van der Waals surface area contributed by atoms with Crippen molar-refractivity contribution in [1.29, 1.82) is 0 Å². The van der Waals surface area contributed by atoms with Crippen LogP contribution in [0.25, 0.3) is 10.9 Å². The minimum Gasteiger partial charge on any atom is -0.467 e. The van der Waals surface area contributed by atoms with Crippen molar-refractivity contribution in [2.24, 2.45) is 0 Å². The van der Waals surface area contributed by atoms with Crippen molar-refractivity contribution < 1.29 is 14.0 Å². The van der Waals surface area contributed by atoms with Gasteiger partial charge in [0.15, 0.2) is 0 Å². The average Bonchev–Trinajstić information content (AvgIpc) is 3.47. The first-order valence-electron chi connectivity index (χ1n) is 8.90. The molecule has 1 atom stereocenters. The summed E-state index contributed by atoms with van der Waals surface area (Å²) in [5, 5.41) is 8.58. The van der Waals surface area contributed by atoms with E-state index in [2.05, 4.69) is 15.6 Å². The van der Waals surface area contributed by atoms with E-state index in [1.807, 2.05) is 41.9 Å².